The summed E-state index contributed by atoms with van der Waals surface area (Å²) >= 11 is 0. The van der Waals surface area contributed by atoms with Crippen LogP contribution in [0.25, 0.3) is 0 Å². The molecule has 2 atom stereocenters. The largest absolute Gasteiger partial charge is 0.478 e. The van der Waals surface area contributed by atoms with Crippen LogP contribution in [0.1, 0.15) is 41.5 Å². The first-order valence-electron chi connectivity index (χ1n) is 6.30. The van der Waals surface area contributed by atoms with Crippen LogP contribution in [-0.2, 0) is 9.53 Å². The van der Waals surface area contributed by atoms with E-state index >= 15 is 0 Å². The molecule has 6 nitrogen and oxygen atoms in total. The van der Waals surface area contributed by atoms with Crippen molar-refractivity contribution in [2.75, 3.05) is 6.54 Å². The van der Waals surface area contributed by atoms with Gasteiger partial charge in [-0.2, -0.15) is 0 Å². The number of nitrogens with zero attached hydrogens (tertiary/aromatic N) is 1. The van der Waals surface area contributed by atoms with E-state index in [0.29, 0.717) is 0 Å². The molecule has 1 amide bonds. The van der Waals surface area contributed by atoms with Gasteiger partial charge in [-0.3, -0.25) is 4.90 Å². The van der Waals surface area contributed by atoms with E-state index in [1.807, 2.05) is 0 Å². The highest BCUT2D eigenvalue weighted by Crippen LogP contribution is 2.47. The maximum Gasteiger partial charge on any atom is 0.413 e. The second-order valence-electron chi connectivity index (χ2n) is 6.69. The lowest BCUT2D eigenvalue weighted by Crippen LogP contribution is -2.60. The van der Waals surface area contributed by atoms with Crippen LogP contribution < -0.4 is 0 Å². The van der Waals surface area contributed by atoms with E-state index in [2.05, 4.69) is 0 Å². The van der Waals surface area contributed by atoms with Crippen LogP contribution >= 0.6 is 0 Å². The molecule has 1 aliphatic heterocycles. The number of aliphatic hydroxyl groups is 1. The Balaban J connectivity index is 3.14. The summed E-state index contributed by atoms with van der Waals surface area (Å²) in [6, 6.07) is 0. The summed E-state index contributed by atoms with van der Waals surface area (Å²) in [5.41, 5.74) is -3.96. The summed E-state index contributed by atoms with van der Waals surface area (Å²) in [5.74, 6) is -1.60. The van der Waals surface area contributed by atoms with Gasteiger partial charge in [0, 0.05) is 12.0 Å². The summed E-state index contributed by atoms with van der Waals surface area (Å²) in [5, 5.41) is 19.9. The highest BCUT2D eigenvalue weighted by atomic mass is 16.6. The average Bonchev–Trinajstić information content (AvgIpc) is 2.37. The van der Waals surface area contributed by atoms with Crippen molar-refractivity contribution in [1.82, 2.24) is 4.90 Å². The molecule has 110 valence electrons. The number of carboxylic acids is 1. The van der Waals surface area contributed by atoms with Crippen LogP contribution in [0, 0.1) is 11.3 Å². The number of amides is 1. The number of hydrogen-bond donors (Lipinski definition) is 2. The molecular formula is C13H23NO5. The van der Waals surface area contributed by atoms with E-state index in [1.54, 1.807) is 41.5 Å². The van der Waals surface area contributed by atoms with Crippen LogP contribution in [0.3, 0.4) is 0 Å². The normalized spacial score (nSPS) is 30.3. The maximum absolute atomic E-state index is 12.1. The number of carbonyl (C=O) groups is 2. The van der Waals surface area contributed by atoms with Gasteiger partial charge >= 0.3 is 12.1 Å². The fraction of sp³-hybridized carbons (Fsp3) is 0.846. The zero-order chi connectivity index (χ0) is 15.2. The topological polar surface area (TPSA) is 87.1 Å². The fourth-order valence-corrected chi connectivity index (χ4v) is 2.24. The van der Waals surface area contributed by atoms with Crippen molar-refractivity contribution in [3.05, 3.63) is 0 Å². The third-order valence-electron chi connectivity index (χ3n) is 3.89. The quantitative estimate of drug-likeness (QED) is 0.759. The molecule has 0 aromatic heterocycles. The number of rotatable bonds is 1. The van der Waals surface area contributed by atoms with Crippen molar-refractivity contribution in [3.8, 4) is 0 Å². The molecule has 1 aliphatic rings. The molecule has 19 heavy (non-hydrogen) atoms. The Labute approximate surface area is 113 Å². The molecule has 0 aromatic rings. The molecule has 1 heterocycles. The first-order chi connectivity index (χ1) is 8.34. The van der Waals surface area contributed by atoms with Gasteiger partial charge in [-0.05, 0) is 26.7 Å². The Morgan fingerprint density at radius 3 is 2.16 bits per heavy atom. The van der Waals surface area contributed by atoms with E-state index in [0.717, 1.165) is 4.90 Å². The van der Waals surface area contributed by atoms with Gasteiger partial charge in [0.1, 0.15) is 5.60 Å². The molecule has 1 unspecified atom stereocenters. The van der Waals surface area contributed by atoms with Crippen LogP contribution in [-0.4, -0.2) is 45.0 Å². The molecule has 0 aliphatic carbocycles. The standard InChI is InChI=1S/C13H23NO5/c1-8-7-14(10(17)19-11(2,3)4)13(18,9(15)16)12(8,5)6/h8,18H,7H2,1-6H3,(H,15,16)/t8-,13?/m0/s1. The third kappa shape index (κ3) is 2.41. The first-order valence-corrected chi connectivity index (χ1v) is 6.30. The molecule has 1 rings (SSSR count). The van der Waals surface area contributed by atoms with Crippen molar-refractivity contribution in [2.24, 2.45) is 11.3 Å². The number of carbonyl (C=O) groups excluding carboxylic acids is 1. The first kappa shape index (κ1) is 15.8. The third-order valence-corrected chi connectivity index (χ3v) is 3.89. The summed E-state index contributed by atoms with van der Waals surface area (Å²) in [6.07, 6.45) is -0.810. The predicted octanol–water partition coefficient (Wildman–Crippen LogP) is 1.67. The molecule has 0 radical (unpaired) electrons. The number of ether oxygens (including phenoxy) is 1. The SMILES string of the molecule is C[C@H]1CN(C(=O)OC(C)(C)C)C(O)(C(=O)O)C1(C)C. The average molecular weight is 273 g/mol. The minimum Gasteiger partial charge on any atom is -0.478 e. The molecule has 0 bridgehead atoms. The van der Waals surface area contributed by atoms with Crippen LogP contribution in [0.4, 0.5) is 4.79 Å². The Kier molecular flexibility index (Phi) is 3.62. The molecule has 1 saturated heterocycles. The van der Waals surface area contributed by atoms with Gasteiger partial charge in [-0.15, -0.1) is 0 Å². The smallest absolute Gasteiger partial charge is 0.413 e. The Hall–Kier alpha value is -1.30. The van der Waals surface area contributed by atoms with Gasteiger partial charge < -0.3 is 14.9 Å². The lowest BCUT2D eigenvalue weighted by molar-refractivity contribution is -0.193. The van der Waals surface area contributed by atoms with Crippen LogP contribution in [0.15, 0.2) is 0 Å². The van der Waals surface area contributed by atoms with Crippen molar-refractivity contribution >= 4 is 12.1 Å². The molecular weight excluding hydrogens is 250 g/mol. The molecule has 0 aromatic carbocycles. The zero-order valence-corrected chi connectivity index (χ0v) is 12.4. The van der Waals surface area contributed by atoms with Gasteiger partial charge in [0.25, 0.3) is 0 Å². The number of carboxylic acid groups (broad SMARTS) is 1. The Bertz CT molecular complexity index is 398. The highest BCUT2D eigenvalue weighted by Gasteiger charge is 2.64. The minimum atomic E-state index is -2.26. The van der Waals surface area contributed by atoms with Crippen molar-refractivity contribution < 1.29 is 24.5 Å². The molecule has 0 spiro atoms. The van der Waals surface area contributed by atoms with Gasteiger partial charge in [-0.1, -0.05) is 20.8 Å². The van der Waals surface area contributed by atoms with Crippen LogP contribution in [0.2, 0.25) is 0 Å². The van der Waals surface area contributed by atoms with Gasteiger partial charge in [0.2, 0.25) is 5.72 Å². The summed E-state index contributed by atoms with van der Waals surface area (Å²) in [4.78, 5) is 24.5. The monoisotopic (exact) mass is 273 g/mol. The molecule has 2 N–H and O–H groups in total. The van der Waals surface area contributed by atoms with E-state index in [9.17, 15) is 19.8 Å². The second kappa shape index (κ2) is 4.37. The number of aliphatic carboxylic acids is 1. The number of hydrogen-bond acceptors (Lipinski definition) is 4. The molecule has 0 saturated carbocycles. The van der Waals surface area contributed by atoms with Crippen molar-refractivity contribution in [1.29, 1.82) is 0 Å². The van der Waals surface area contributed by atoms with E-state index < -0.39 is 28.8 Å². The summed E-state index contributed by atoms with van der Waals surface area (Å²) in [7, 11) is 0. The summed E-state index contributed by atoms with van der Waals surface area (Å²) in [6.45, 7) is 10.3. The lowest BCUT2D eigenvalue weighted by atomic mass is 9.75. The van der Waals surface area contributed by atoms with Gasteiger partial charge in [0.15, 0.2) is 0 Å². The van der Waals surface area contributed by atoms with E-state index in [4.69, 9.17) is 4.74 Å². The fourth-order valence-electron chi connectivity index (χ4n) is 2.24. The summed E-state index contributed by atoms with van der Waals surface area (Å²) < 4.78 is 5.17. The maximum atomic E-state index is 12.1. The number of likely N-dealkylation sites (tertiary alicyclic amines) is 1. The van der Waals surface area contributed by atoms with Crippen LogP contribution in [0.5, 0.6) is 0 Å². The highest BCUT2D eigenvalue weighted by molar-refractivity contribution is 5.84. The molecule has 6 heteroatoms. The van der Waals surface area contributed by atoms with Gasteiger partial charge in [-0.25, -0.2) is 9.59 Å². The lowest BCUT2D eigenvalue weighted by Gasteiger charge is -2.39. The Morgan fingerprint density at radius 1 is 1.32 bits per heavy atom. The Morgan fingerprint density at radius 2 is 1.79 bits per heavy atom. The minimum absolute atomic E-state index is 0.144. The zero-order valence-electron chi connectivity index (χ0n) is 12.4. The van der Waals surface area contributed by atoms with Crippen molar-refractivity contribution in [3.63, 3.8) is 0 Å². The van der Waals surface area contributed by atoms with E-state index in [1.165, 1.54) is 0 Å². The van der Waals surface area contributed by atoms with E-state index in [-0.39, 0.29) is 12.5 Å². The van der Waals surface area contributed by atoms with Gasteiger partial charge in [0.05, 0.1) is 0 Å². The molecule has 1 fully saturated rings. The van der Waals surface area contributed by atoms with Crippen molar-refractivity contribution in [2.45, 2.75) is 52.9 Å². The second-order valence-corrected chi connectivity index (χ2v) is 6.69. The predicted molar refractivity (Wildman–Crippen MR) is 68.5 cm³/mol.